The lowest BCUT2D eigenvalue weighted by molar-refractivity contribution is -0.125. The van der Waals surface area contributed by atoms with Crippen LogP contribution in [-0.4, -0.2) is 30.3 Å². The molecule has 1 atom stereocenters. The van der Waals surface area contributed by atoms with E-state index in [1.54, 1.807) is 0 Å². The van der Waals surface area contributed by atoms with Gasteiger partial charge in [0.1, 0.15) is 11.5 Å². The van der Waals surface area contributed by atoms with Crippen molar-refractivity contribution in [2.24, 2.45) is 0 Å². The minimum absolute atomic E-state index is 0.0350. The van der Waals surface area contributed by atoms with E-state index >= 15 is 0 Å². The number of carbonyl (C=O) groups is 2. The van der Waals surface area contributed by atoms with Gasteiger partial charge in [-0.25, -0.2) is 0 Å². The van der Waals surface area contributed by atoms with Crippen LogP contribution < -0.4 is 10.6 Å². The number of hydrogen-bond donors (Lipinski definition) is 2. The molecule has 5 heteroatoms. The molecule has 1 aromatic rings. The molecule has 0 bridgehead atoms. The third kappa shape index (κ3) is 2.32. The Morgan fingerprint density at radius 3 is 2.48 bits per heavy atom. The molecule has 2 aliphatic heterocycles. The first-order valence-corrected chi connectivity index (χ1v) is 8.08. The maximum Gasteiger partial charge on any atom is 0.235 e. The number of rotatable bonds is 1. The summed E-state index contributed by atoms with van der Waals surface area (Å²) in [4.78, 5) is 25.4. The van der Waals surface area contributed by atoms with E-state index < -0.39 is 11.5 Å². The number of hydrogen-bond acceptors (Lipinski definition) is 3. The highest BCUT2D eigenvalue weighted by atomic mass is 79.9. The van der Waals surface area contributed by atoms with Crippen LogP contribution in [0, 0.1) is 13.8 Å². The van der Waals surface area contributed by atoms with Crippen LogP contribution in [-0.2, 0) is 9.59 Å². The molecule has 0 aromatic heterocycles. The fourth-order valence-electron chi connectivity index (χ4n) is 3.42. The number of Topliss-reactive ketones (excluding diaryl/α,β-unsaturated/α-hetero) is 1. The van der Waals surface area contributed by atoms with E-state index in [0.717, 1.165) is 34.3 Å². The van der Waals surface area contributed by atoms with Crippen molar-refractivity contribution in [3.63, 3.8) is 0 Å². The van der Waals surface area contributed by atoms with Crippen molar-refractivity contribution in [1.82, 2.24) is 10.6 Å². The summed E-state index contributed by atoms with van der Waals surface area (Å²) < 4.78 is 0.940. The number of nitrogens with one attached hydrogen (secondary N) is 2. The molecule has 2 saturated heterocycles. The lowest BCUT2D eigenvalue weighted by atomic mass is 9.80. The minimum atomic E-state index is -0.667. The summed E-state index contributed by atoms with van der Waals surface area (Å²) in [6.07, 6.45) is 1.36. The quantitative estimate of drug-likeness (QED) is 0.761. The van der Waals surface area contributed by atoms with Gasteiger partial charge in [0, 0.05) is 4.47 Å². The number of ketones is 1. The third-order valence-corrected chi connectivity index (χ3v) is 5.53. The Morgan fingerprint density at radius 2 is 1.81 bits per heavy atom. The van der Waals surface area contributed by atoms with Crippen molar-refractivity contribution < 1.29 is 9.59 Å². The molecule has 4 nitrogen and oxygen atoms in total. The molecule has 0 saturated carbocycles. The average molecular weight is 351 g/mol. The monoisotopic (exact) mass is 350 g/mol. The van der Waals surface area contributed by atoms with Gasteiger partial charge in [-0.05, 0) is 62.5 Å². The van der Waals surface area contributed by atoms with Crippen LogP contribution in [0.15, 0.2) is 16.6 Å². The largest absolute Gasteiger partial charge is 0.343 e. The van der Waals surface area contributed by atoms with Crippen LogP contribution in [0.5, 0.6) is 0 Å². The van der Waals surface area contributed by atoms with Crippen molar-refractivity contribution in [2.45, 2.75) is 38.1 Å². The molecule has 1 unspecified atom stereocenters. The topological polar surface area (TPSA) is 58.2 Å². The molecule has 2 heterocycles. The van der Waals surface area contributed by atoms with Crippen molar-refractivity contribution in [3.8, 4) is 0 Å². The van der Waals surface area contributed by atoms with Gasteiger partial charge in [0.15, 0.2) is 5.78 Å². The molecule has 1 aromatic carbocycles. The fourth-order valence-corrected chi connectivity index (χ4v) is 3.79. The molecule has 3 rings (SSSR count). The predicted molar refractivity (Wildman–Crippen MR) is 84.3 cm³/mol. The zero-order chi connectivity index (χ0) is 15.2. The summed E-state index contributed by atoms with van der Waals surface area (Å²) in [6.45, 7) is 5.51. The van der Waals surface area contributed by atoms with Crippen LogP contribution in [0.1, 0.15) is 35.4 Å². The Balaban J connectivity index is 2.01. The lowest BCUT2D eigenvalue weighted by Gasteiger charge is -2.32. The normalized spacial score (nSPS) is 24.4. The van der Waals surface area contributed by atoms with Crippen LogP contribution >= 0.6 is 15.9 Å². The van der Waals surface area contributed by atoms with E-state index in [9.17, 15) is 9.59 Å². The first kappa shape index (κ1) is 14.7. The number of carbonyl (C=O) groups excluding carboxylic acids is 2. The summed E-state index contributed by atoms with van der Waals surface area (Å²) in [5.41, 5.74) is 2.27. The highest BCUT2D eigenvalue weighted by molar-refractivity contribution is 9.10. The van der Waals surface area contributed by atoms with Crippen molar-refractivity contribution in [1.29, 1.82) is 0 Å². The minimum Gasteiger partial charge on any atom is -0.343 e. The zero-order valence-electron chi connectivity index (χ0n) is 12.3. The van der Waals surface area contributed by atoms with E-state index in [1.807, 2.05) is 26.0 Å². The van der Waals surface area contributed by atoms with Crippen LogP contribution in [0.4, 0.5) is 0 Å². The predicted octanol–water partition coefficient (Wildman–Crippen LogP) is 1.97. The molecule has 2 fully saturated rings. The highest BCUT2D eigenvalue weighted by Crippen LogP contribution is 2.37. The Labute approximate surface area is 132 Å². The molecule has 1 amide bonds. The van der Waals surface area contributed by atoms with Gasteiger partial charge in [-0.3, -0.25) is 9.59 Å². The van der Waals surface area contributed by atoms with Gasteiger partial charge in [-0.15, -0.1) is 0 Å². The molecule has 2 N–H and O–H groups in total. The standard InChI is InChI=1S/C16H19BrN2O2/c1-9-7-10(2)12(17)8-11(9)13-14(20)16(19-15(13)21)3-5-18-6-4-16/h7-8,13,18H,3-6H2,1-2H3,(H,19,21). The molecule has 0 aliphatic carbocycles. The van der Waals surface area contributed by atoms with E-state index in [4.69, 9.17) is 0 Å². The number of benzene rings is 1. The van der Waals surface area contributed by atoms with Crippen LogP contribution in [0.25, 0.3) is 0 Å². The Morgan fingerprint density at radius 1 is 1.14 bits per heavy atom. The summed E-state index contributed by atoms with van der Waals surface area (Å²) in [5, 5.41) is 6.23. The number of aryl methyl sites for hydroxylation is 2. The first-order chi connectivity index (χ1) is 9.94. The molecule has 112 valence electrons. The molecule has 1 spiro atoms. The molecular formula is C16H19BrN2O2. The van der Waals surface area contributed by atoms with Crippen molar-refractivity contribution in [2.75, 3.05) is 13.1 Å². The summed E-state index contributed by atoms with van der Waals surface area (Å²) in [7, 11) is 0. The van der Waals surface area contributed by atoms with Gasteiger partial charge in [-0.2, -0.15) is 0 Å². The molecular weight excluding hydrogens is 332 g/mol. The second-order valence-electron chi connectivity index (χ2n) is 6.08. The van der Waals surface area contributed by atoms with Gasteiger partial charge >= 0.3 is 0 Å². The number of halogens is 1. The molecule has 2 aliphatic rings. The zero-order valence-corrected chi connectivity index (χ0v) is 13.8. The van der Waals surface area contributed by atoms with Crippen molar-refractivity contribution >= 4 is 27.6 Å². The van der Waals surface area contributed by atoms with Crippen molar-refractivity contribution in [3.05, 3.63) is 33.3 Å². The number of amides is 1. The second-order valence-corrected chi connectivity index (χ2v) is 6.93. The SMILES string of the molecule is Cc1cc(C)c(C2C(=O)NC3(CCNCC3)C2=O)cc1Br. The molecule has 0 radical (unpaired) electrons. The van der Waals surface area contributed by atoms with Gasteiger partial charge in [0.2, 0.25) is 5.91 Å². The second kappa shape index (κ2) is 5.21. The first-order valence-electron chi connectivity index (χ1n) is 7.28. The highest BCUT2D eigenvalue weighted by Gasteiger charge is 2.53. The summed E-state index contributed by atoms with van der Waals surface area (Å²) in [5.74, 6) is -0.784. The van der Waals surface area contributed by atoms with E-state index in [0.29, 0.717) is 12.8 Å². The molecule has 21 heavy (non-hydrogen) atoms. The smallest absolute Gasteiger partial charge is 0.235 e. The Hall–Kier alpha value is -1.20. The van der Waals surface area contributed by atoms with Gasteiger partial charge in [0.05, 0.1) is 0 Å². The average Bonchev–Trinajstić information content (AvgIpc) is 2.67. The third-order valence-electron chi connectivity index (χ3n) is 4.67. The van der Waals surface area contributed by atoms with Crippen LogP contribution in [0.3, 0.4) is 0 Å². The lowest BCUT2D eigenvalue weighted by Crippen LogP contribution is -2.53. The van der Waals surface area contributed by atoms with Gasteiger partial charge in [-0.1, -0.05) is 22.0 Å². The Bertz CT molecular complexity index is 621. The fraction of sp³-hybridized carbons (Fsp3) is 0.500. The van der Waals surface area contributed by atoms with E-state index in [2.05, 4.69) is 26.6 Å². The Kier molecular flexibility index (Phi) is 3.66. The van der Waals surface area contributed by atoms with Gasteiger partial charge in [0.25, 0.3) is 0 Å². The maximum absolute atomic E-state index is 12.9. The summed E-state index contributed by atoms with van der Waals surface area (Å²) in [6, 6.07) is 3.94. The summed E-state index contributed by atoms with van der Waals surface area (Å²) >= 11 is 3.50. The van der Waals surface area contributed by atoms with E-state index in [1.165, 1.54) is 0 Å². The van der Waals surface area contributed by atoms with Gasteiger partial charge < -0.3 is 10.6 Å². The number of piperidine rings is 1. The van der Waals surface area contributed by atoms with Crippen LogP contribution in [0.2, 0.25) is 0 Å². The van der Waals surface area contributed by atoms with E-state index in [-0.39, 0.29) is 11.7 Å². The maximum atomic E-state index is 12.9.